The molecule has 0 bridgehead atoms. The Morgan fingerprint density at radius 3 is 2.58 bits per heavy atom. The molecule has 2 heterocycles. The molecule has 1 amide bonds. The van der Waals surface area contributed by atoms with Crippen LogP contribution in [0.3, 0.4) is 0 Å². The lowest BCUT2D eigenvalue weighted by Crippen LogP contribution is -2.28. The largest absolute Gasteiger partial charge is 0.508 e. The number of furan rings is 1. The predicted octanol–water partition coefficient (Wildman–Crippen LogP) is 5.54. The number of aromatic hydroxyl groups is 1. The van der Waals surface area contributed by atoms with Crippen molar-refractivity contribution in [2.45, 2.75) is 20.4 Å². The lowest BCUT2D eigenvalue weighted by Gasteiger charge is -2.13. The maximum absolute atomic E-state index is 13.2. The van der Waals surface area contributed by atoms with E-state index in [1.807, 2.05) is 18.2 Å². The fraction of sp³-hybridized carbons (Fsp3) is 0.222. The van der Waals surface area contributed by atoms with Gasteiger partial charge in [0.25, 0.3) is 5.91 Å². The van der Waals surface area contributed by atoms with E-state index in [-0.39, 0.29) is 18.2 Å². The van der Waals surface area contributed by atoms with E-state index >= 15 is 0 Å². The van der Waals surface area contributed by atoms with Gasteiger partial charge < -0.3 is 19.0 Å². The van der Waals surface area contributed by atoms with Crippen molar-refractivity contribution < 1.29 is 23.8 Å². The van der Waals surface area contributed by atoms with Crippen LogP contribution in [0.1, 0.15) is 30.7 Å². The minimum Gasteiger partial charge on any atom is -0.508 e. The van der Waals surface area contributed by atoms with Gasteiger partial charge in [0.15, 0.2) is 16.7 Å². The van der Waals surface area contributed by atoms with Crippen LogP contribution in [0.25, 0.3) is 6.08 Å². The number of amidine groups is 1. The normalized spacial score (nSPS) is 16.1. The first-order valence-corrected chi connectivity index (χ1v) is 12.2. The van der Waals surface area contributed by atoms with Crippen molar-refractivity contribution in [3.63, 3.8) is 0 Å². The summed E-state index contributed by atoms with van der Waals surface area (Å²) in [7, 11) is 1.59. The summed E-state index contributed by atoms with van der Waals surface area (Å²) in [5, 5.41) is 18.5. The molecule has 1 aromatic heterocycles. The van der Waals surface area contributed by atoms with E-state index in [4.69, 9.17) is 13.9 Å². The predicted molar refractivity (Wildman–Crippen MR) is 141 cm³/mol. The number of nitrogens with zero attached hydrogens (tertiary/aromatic N) is 3. The van der Waals surface area contributed by atoms with Crippen LogP contribution < -0.4 is 9.47 Å². The Labute approximate surface area is 213 Å². The van der Waals surface area contributed by atoms with Crippen LogP contribution >= 0.6 is 11.8 Å². The number of phenolic OH excluding ortho intramolecular Hbond substituents is 1. The maximum atomic E-state index is 13.2. The molecule has 1 saturated heterocycles. The number of hydrogen-bond acceptors (Lipinski definition) is 8. The lowest BCUT2D eigenvalue weighted by molar-refractivity contribution is -0.122. The molecule has 0 unspecified atom stereocenters. The highest BCUT2D eigenvalue weighted by Gasteiger charge is 2.34. The summed E-state index contributed by atoms with van der Waals surface area (Å²) in [5.74, 6) is 2.27. The fourth-order valence-electron chi connectivity index (χ4n) is 3.29. The third-order valence-electron chi connectivity index (χ3n) is 5.08. The molecule has 0 radical (unpaired) electrons. The van der Waals surface area contributed by atoms with E-state index in [0.29, 0.717) is 39.9 Å². The molecule has 4 rings (SSSR count). The maximum Gasteiger partial charge on any atom is 0.267 e. The topological polar surface area (TPSA) is 96.9 Å². The average Bonchev–Trinajstić information content (AvgIpc) is 3.48. The third-order valence-corrected chi connectivity index (χ3v) is 6.08. The molecule has 8 nitrogen and oxygen atoms in total. The smallest absolute Gasteiger partial charge is 0.267 e. The SMILES string of the molecule is COc1cc(/C=N/N=C2\S/C(=C\c3ccc(O)cc3)C(=O)N2Cc2ccco2)ccc1OCC(C)C. The molecular formula is C27H27N3O5S. The van der Waals surface area contributed by atoms with E-state index < -0.39 is 0 Å². The van der Waals surface area contributed by atoms with Crippen molar-refractivity contribution >= 4 is 35.1 Å². The number of amides is 1. The molecule has 36 heavy (non-hydrogen) atoms. The van der Waals surface area contributed by atoms with Crippen LogP contribution in [0.2, 0.25) is 0 Å². The summed E-state index contributed by atoms with van der Waals surface area (Å²) >= 11 is 1.23. The van der Waals surface area contributed by atoms with Crippen molar-refractivity contribution in [1.82, 2.24) is 4.90 Å². The second-order valence-electron chi connectivity index (χ2n) is 8.42. The van der Waals surface area contributed by atoms with E-state index in [9.17, 15) is 9.90 Å². The first-order valence-electron chi connectivity index (χ1n) is 11.4. The fourth-order valence-corrected chi connectivity index (χ4v) is 4.22. The Balaban J connectivity index is 1.56. The number of carbonyl (C=O) groups is 1. The van der Waals surface area contributed by atoms with Crippen LogP contribution in [0.5, 0.6) is 17.2 Å². The number of hydrogen-bond donors (Lipinski definition) is 1. The monoisotopic (exact) mass is 505 g/mol. The number of carbonyl (C=O) groups excluding carboxylic acids is 1. The summed E-state index contributed by atoms with van der Waals surface area (Å²) in [4.78, 5) is 15.2. The van der Waals surface area contributed by atoms with Crippen molar-refractivity contribution in [2.75, 3.05) is 13.7 Å². The quantitative estimate of drug-likeness (QED) is 0.233. The van der Waals surface area contributed by atoms with Crippen LogP contribution in [0.15, 0.2) is 80.4 Å². The van der Waals surface area contributed by atoms with Crippen molar-refractivity contribution in [1.29, 1.82) is 0 Å². The summed E-state index contributed by atoms with van der Waals surface area (Å²) in [6.07, 6.45) is 4.92. The van der Waals surface area contributed by atoms with Crippen LogP contribution in [0.4, 0.5) is 0 Å². The third kappa shape index (κ3) is 6.37. The zero-order valence-corrected chi connectivity index (χ0v) is 21.1. The lowest BCUT2D eigenvalue weighted by atomic mass is 10.2. The van der Waals surface area contributed by atoms with Gasteiger partial charge in [-0.2, -0.15) is 5.10 Å². The molecule has 1 aliphatic rings. The standard InChI is InChI=1S/C27H27N3O5S/c1-18(2)17-35-23-11-8-20(13-24(23)33-3)15-28-29-27-30(16-22-5-4-12-34-22)26(32)25(36-27)14-19-6-9-21(31)10-7-19/h4-15,18,31H,16-17H2,1-3H3/b25-14-,28-15+,29-27-. The number of ether oxygens (including phenoxy) is 2. The summed E-state index contributed by atoms with van der Waals surface area (Å²) in [6.45, 7) is 4.99. The minimum atomic E-state index is -0.202. The summed E-state index contributed by atoms with van der Waals surface area (Å²) in [5.41, 5.74) is 1.57. The van der Waals surface area contributed by atoms with Crippen LogP contribution in [0, 0.1) is 5.92 Å². The molecule has 0 aliphatic carbocycles. The van der Waals surface area contributed by atoms with Gasteiger partial charge in [-0.3, -0.25) is 9.69 Å². The number of benzene rings is 2. The first-order chi connectivity index (χ1) is 17.4. The Hall–Kier alpha value is -3.98. The zero-order chi connectivity index (χ0) is 25.5. The Kier molecular flexibility index (Phi) is 8.12. The molecule has 0 saturated carbocycles. The van der Waals surface area contributed by atoms with Gasteiger partial charge in [0.1, 0.15) is 11.5 Å². The Bertz CT molecular complexity index is 1280. The molecule has 1 N–H and O–H groups in total. The number of rotatable bonds is 9. The molecule has 0 atom stereocenters. The first kappa shape index (κ1) is 25.1. The van der Waals surface area contributed by atoms with Gasteiger partial charge in [-0.15, -0.1) is 5.10 Å². The summed E-state index contributed by atoms with van der Waals surface area (Å²) in [6, 6.07) is 15.7. The second kappa shape index (κ2) is 11.6. The number of phenols is 1. The molecule has 3 aromatic rings. The van der Waals surface area contributed by atoms with Gasteiger partial charge in [0, 0.05) is 0 Å². The zero-order valence-electron chi connectivity index (χ0n) is 20.2. The molecule has 9 heteroatoms. The Morgan fingerprint density at radius 1 is 1.11 bits per heavy atom. The second-order valence-corrected chi connectivity index (χ2v) is 9.42. The van der Waals surface area contributed by atoms with Crippen molar-refractivity contribution in [3.05, 3.63) is 82.7 Å². The van der Waals surface area contributed by atoms with Gasteiger partial charge in [-0.25, -0.2) is 0 Å². The molecule has 2 aromatic carbocycles. The Morgan fingerprint density at radius 2 is 1.89 bits per heavy atom. The molecule has 0 spiro atoms. The molecule has 1 fully saturated rings. The van der Waals surface area contributed by atoms with Gasteiger partial charge in [-0.05, 0) is 77.3 Å². The number of thioether (sulfide) groups is 1. The van der Waals surface area contributed by atoms with E-state index in [2.05, 4.69) is 24.1 Å². The molecule has 1 aliphatic heterocycles. The van der Waals surface area contributed by atoms with Gasteiger partial charge in [0.05, 0.1) is 37.6 Å². The van der Waals surface area contributed by atoms with Crippen molar-refractivity contribution in [2.24, 2.45) is 16.1 Å². The van der Waals surface area contributed by atoms with E-state index in [1.54, 1.807) is 62.1 Å². The van der Waals surface area contributed by atoms with Gasteiger partial charge >= 0.3 is 0 Å². The highest BCUT2D eigenvalue weighted by molar-refractivity contribution is 8.18. The van der Waals surface area contributed by atoms with Crippen LogP contribution in [-0.2, 0) is 11.3 Å². The van der Waals surface area contributed by atoms with Crippen LogP contribution in [-0.4, -0.2) is 41.0 Å². The minimum absolute atomic E-state index is 0.162. The highest BCUT2D eigenvalue weighted by Crippen LogP contribution is 2.34. The van der Waals surface area contributed by atoms with E-state index in [1.165, 1.54) is 16.7 Å². The van der Waals surface area contributed by atoms with E-state index in [0.717, 1.165) is 11.1 Å². The number of methoxy groups -OCH3 is 1. The molecular weight excluding hydrogens is 478 g/mol. The highest BCUT2D eigenvalue weighted by atomic mass is 32.2. The van der Waals surface area contributed by atoms with Crippen molar-refractivity contribution in [3.8, 4) is 17.2 Å². The average molecular weight is 506 g/mol. The van der Waals surface area contributed by atoms with Gasteiger partial charge in [-0.1, -0.05) is 26.0 Å². The molecule has 186 valence electrons. The van der Waals surface area contributed by atoms with Gasteiger partial charge in [0.2, 0.25) is 0 Å². The summed E-state index contributed by atoms with van der Waals surface area (Å²) < 4.78 is 16.7.